The van der Waals surface area contributed by atoms with E-state index in [2.05, 4.69) is 10.3 Å². The van der Waals surface area contributed by atoms with Crippen molar-refractivity contribution < 1.29 is 4.79 Å². The van der Waals surface area contributed by atoms with E-state index in [4.69, 9.17) is 0 Å². The van der Waals surface area contributed by atoms with Crippen molar-refractivity contribution in [2.75, 3.05) is 13.1 Å². The fraction of sp³-hybridized carbons (Fsp3) is 0.412. The molecule has 3 heteroatoms. The van der Waals surface area contributed by atoms with Gasteiger partial charge in [-0.05, 0) is 51.9 Å². The maximum atomic E-state index is 11.3. The third-order valence-corrected chi connectivity index (χ3v) is 3.50. The van der Waals surface area contributed by atoms with Gasteiger partial charge in [-0.2, -0.15) is 0 Å². The van der Waals surface area contributed by atoms with E-state index in [0.717, 1.165) is 16.6 Å². The van der Waals surface area contributed by atoms with Gasteiger partial charge in [-0.25, -0.2) is 0 Å². The van der Waals surface area contributed by atoms with Gasteiger partial charge in [-0.15, -0.1) is 0 Å². The first-order valence-corrected chi connectivity index (χ1v) is 7.26. The second kappa shape index (κ2) is 7.15. The highest BCUT2D eigenvalue weighted by molar-refractivity contribution is 5.98. The lowest BCUT2D eigenvalue weighted by Gasteiger charge is -2.08. The minimum Gasteiger partial charge on any atom is -0.317 e. The second-order valence-electron chi connectivity index (χ2n) is 5.18. The Balaban J connectivity index is 0.000000205. The summed E-state index contributed by atoms with van der Waals surface area (Å²) in [5, 5.41) is 4.30. The molecule has 1 fully saturated rings. The molecule has 0 atom stereocenters. The maximum Gasteiger partial charge on any atom is 0.161 e. The standard InChI is InChI=1S/C12H11NO.C5H11N/c1-8-11(9(2)14)7-10-5-3-4-6-12(10)13-8;1-2-4-6-5-3-1/h3-7H,1-2H3;6H,1-5H2. The highest BCUT2D eigenvalue weighted by Gasteiger charge is 2.06. The number of carbonyl (C=O) groups is 1. The molecule has 106 valence electrons. The number of aromatic nitrogens is 1. The average Bonchev–Trinajstić information content (AvgIpc) is 2.48. The molecule has 2 aromatic rings. The van der Waals surface area contributed by atoms with Crippen molar-refractivity contribution in [1.82, 2.24) is 10.3 Å². The summed E-state index contributed by atoms with van der Waals surface area (Å²) in [5.41, 5.74) is 2.45. The summed E-state index contributed by atoms with van der Waals surface area (Å²) in [6.07, 6.45) is 4.22. The molecule has 1 aromatic carbocycles. The molecule has 1 aromatic heterocycles. The summed E-state index contributed by atoms with van der Waals surface area (Å²) < 4.78 is 0. The molecule has 0 bridgehead atoms. The van der Waals surface area contributed by atoms with Crippen LogP contribution in [0.5, 0.6) is 0 Å². The molecule has 3 rings (SSSR count). The zero-order valence-corrected chi connectivity index (χ0v) is 12.3. The maximum absolute atomic E-state index is 11.3. The van der Waals surface area contributed by atoms with E-state index in [1.807, 2.05) is 37.3 Å². The molecule has 2 heterocycles. The van der Waals surface area contributed by atoms with Gasteiger partial charge in [-0.1, -0.05) is 24.6 Å². The van der Waals surface area contributed by atoms with E-state index < -0.39 is 0 Å². The molecule has 0 radical (unpaired) electrons. The zero-order chi connectivity index (χ0) is 14.4. The van der Waals surface area contributed by atoms with Gasteiger partial charge >= 0.3 is 0 Å². The van der Waals surface area contributed by atoms with Crippen LogP contribution in [0.25, 0.3) is 10.9 Å². The van der Waals surface area contributed by atoms with Crippen LogP contribution in [0.1, 0.15) is 42.2 Å². The fourth-order valence-corrected chi connectivity index (χ4v) is 2.37. The van der Waals surface area contributed by atoms with Crippen molar-refractivity contribution in [1.29, 1.82) is 0 Å². The van der Waals surface area contributed by atoms with Crippen LogP contribution in [-0.2, 0) is 0 Å². The van der Waals surface area contributed by atoms with Gasteiger partial charge in [0, 0.05) is 16.6 Å². The number of rotatable bonds is 1. The molecular formula is C17H22N2O. The number of Topliss-reactive ketones (excluding diaryl/α,β-unsaturated/α-hetero) is 1. The van der Waals surface area contributed by atoms with E-state index in [9.17, 15) is 4.79 Å². The summed E-state index contributed by atoms with van der Waals surface area (Å²) in [5.74, 6) is 0.0701. The SMILES string of the molecule is C1CCNCC1.CC(=O)c1cc2ccccc2nc1C. The Labute approximate surface area is 120 Å². The zero-order valence-electron chi connectivity index (χ0n) is 12.3. The number of hydrogen-bond donors (Lipinski definition) is 1. The van der Waals surface area contributed by atoms with Crippen molar-refractivity contribution in [2.24, 2.45) is 0 Å². The molecule has 1 aliphatic rings. The third-order valence-electron chi connectivity index (χ3n) is 3.50. The van der Waals surface area contributed by atoms with Gasteiger partial charge in [0.25, 0.3) is 0 Å². The lowest BCUT2D eigenvalue weighted by atomic mass is 10.1. The van der Waals surface area contributed by atoms with Crippen LogP contribution < -0.4 is 5.32 Å². The highest BCUT2D eigenvalue weighted by Crippen LogP contribution is 2.16. The number of para-hydroxylation sites is 1. The Hall–Kier alpha value is -1.74. The minimum absolute atomic E-state index is 0.0701. The fourth-order valence-electron chi connectivity index (χ4n) is 2.37. The van der Waals surface area contributed by atoms with Gasteiger partial charge in [-0.3, -0.25) is 9.78 Å². The average molecular weight is 270 g/mol. The van der Waals surface area contributed by atoms with Crippen molar-refractivity contribution in [3.8, 4) is 0 Å². The van der Waals surface area contributed by atoms with Crippen LogP contribution in [0.2, 0.25) is 0 Å². The smallest absolute Gasteiger partial charge is 0.161 e. The van der Waals surface area contributed by atoms with E-state index in [1.165, 1.54) is 32.4 Å². The molecule has 1 aliphatic heterocycles. The highest BCUT2D eigenvalue weighted by atomic mass is 16.1. The van der Waals surface area contributed by atoms with Gasteiger partial charge in [0.15, 0.2) is 5.78 Å². The summed E-state index contributed by atoms with van der Waals surface area (Å²) in [6.45, 7) is 5.93. The number of hydrogen-bond acceptors (Lipinski definition) is 3. The van der Waals surface area contributed by atoms with Crippen molar-refractivity contribution in [3.63, 3.8) is 0 Å². The van der Waals surface area contributed by atoms with E-state index >= 15 is 0 Å². The van der Waals surface area contributed by atoms with Gasteiger partial charge in [0.05, 0.1) is 5.52 Å². The van der Waals surface area contributed by atoms with E-state index in [1.54, 1.807) is 6.92 Å². The first-order valence-electron chi connectivity index (χ1n) is 7.26. The number of piperidine rings is 1. The van der Waals surface area contributed by atoms with Crippen LogP contribution in [0, 0.1) is 6.92 Å². The molecule has 20 heavy (non-hydrogen) atoms. The number of benzene rings is 1. The van der Waals surface area contributed by atoms with Crippen LogP contribution in [0.4, 0.5) is 0 Å². The Kier molecular flexibility index (Phi) is 5.24. The lowest BCUT2D eigenvalue weighted by molar-refractivity contribution is 0.101. The predicted molar refractivity (Wildman–Crippen MR) is 83.2 cm³/mol. The largest absolute Gasteiger partial charge is 0.317 e. The topological polar surface area (TPSA) is 42.0 Å². The second-order valence-corrected chi connectivity index (χ2v) is 5.18. The van der Waals surface area contributed by atoms with Gasteiger partial charge < -0.3 is 5.32 Å². The Morgan fingerprint density at radius 3 is 2.40 bits per heavy atom. The normalized spacial score (nSPS) is 14.5. The number of pyridine rings is 1. The molecular weight excluding hydrogens is 248 g/mol. The molecule has 0 spiro atoms. The quantitative estimate of drug-likeness (QED) is 0.806. The Morgan fingerprint density at radius 2 is 1.85 bits per heavy atom. The number of aryl methyl sites for hydroxylation is 1. The van der Waals surface area contributed by atoms with E-state index in [0.29, 0.717) is 5.56 Å². The third kappa shape index (κ3) is 3.87. The number of nitrogens with one attached hydrogen (secondary N) is 1. The minimum atomic E-state index is 0.0701. The molecule has 0 saturated carbocycles. The first kappa shape index (κ1) is 14.7. The Bertz CT molecular complexity index is 577. The monoisotopic (exact) mass is 270 g/mol. The molecule has 1 saturated heterocycles. The number of nitrogens with zero attached hydrogens (tertiary/aromatic N) is 1. The molecule has 3 nitrogen and oxygen atoms in total. The number of fused-ring (bicyclic) bond motifs is 1. The first-order chi connectivity index (χ1) is 9.68. The van der Waals surface area contributed by atoms with Crippen LogP contribution in [0.15, 0.2) is 30.3 Å². The summed E-state index contributed by atoms with van der Waals surface area (Å²) in [7, 11) is 0. The molecule has 1 N–H and O–H groups in total. The van der Waals surface area contributed by atoms with E-state index in [-0.39, 0.29) is 5.78 Å². The summed E-state index contributed by atoms with van der Waals surface area (Å²) in [6, 6.07) is 9.71. The summed E-state index contributed by atoms with van der Waals surface area (Å²) >= 11 is 0. The van der Waals surface area contributed by atoms with Crippen LogP contribution in [-0.4, -0.2) is 23.9 Å². The van der Waals surface area contributed by atoms with Crippen molar-refractivity contribution in [3.05, 3.63) is 41.6 Å². The van der Waals surface area contributed by atoms with Crippen molar-refractivity contribution >= 4 is 16.7 Å². The van der Waals surface area contributed by atoms with Crippen LogP contribution in [0.3, 0.4) is 0 Å². The number of carbonyl (C=O) groups excluding carboxylic acids is 1. The number of ketones is 1. The van der Waals surface area contributed by atoms with Crippen LogP contribution >= 0.6 is 0 Å². The molecule has 0 aliphatic carbocycles. The molecule has 0 amide bonds. The van der Waals surface area contributed by atoms with Gasteiger partial charge in [0.2, 0.25) is 0 Å². The van der Waals surface area contributed by atoms with Crippen molar-refractivity contribution in [2.45, 2.75) is 33.1 Å². The molecule has 0 unspecified atom stereocenters. The van der Waals surface area contributed by atoms with Gasteiger partial charge in [0.1, 0.15) is 0 Å². The Morgan fingerprint density at radius 1 is 1.15 bits per heavy atom. The predicted octanol–water partition coefficient (Wildman–Crippen LogP) is 3.51. The summed E-state index contributed by atoms with van der Waals surface area (Å²) in [4.78, 5) is 15.6. The lowest BCUT2D eigenvalue weighted by Crippen LogP contribution is -2.21.